The van der Waals surface area contributed by atoms with Crippen LogP contribution in [0.1, 0.15) is 317 Å². The molecule has 0 aliphatic rings. The molecule has 0 saturated carbocycles. The molecule has 0 rings (SSSR count). The van der Waals surface area contributed by atoms with Crippen LogP contribution in [-0.2, 0) is 65.4 Å². The average molecular weight is 1210 g/mol. The Kier molecular flexibility index (Phi) is 55.5. The van der Waals surface area contributed by atoms with E-state index < -0.39 is 97.5 Å². The van der Waals surface area contributed by atoms with E-state index in [0.29, 0.717) is 25.7 Å². The minimum atomic E-state index is -4.94. The van der Waals surface area contributed by atoms with Gasteiger partial charge in [0.2, 0.25) is 0 Å². The summed E-state index contributed by atoms with van der Waals surface area (Å²) in [6, 6.07) is 0. The molecule has 0 amide bonds. The molecule has 0 aromatic rings. The second-order valence-electron chi connectivity index (χ2n) is 23.3. The number of aliphatic hydroxyl groups excluding tert-OH is 1. The van der Waals surface area contributed by atoms with E-state index in [9.17, 15) is 43.2 Å². The zero-order valence-corrected chi connectivity index (χ0v) is 54.4. The lowest BCUT2D eigenvalue weighted by Crippen LogP contribution is -2.30. The number of esters is 4. The van der Waals surface area contributed by atoms with Gasteiger partial charge in [0.15, 0.2) is 12.2 Å². The van der Waals surface area contributed by atoms with Crippen LogP contribution in [0.15, 0.2) is 0 Å². The molecule has 0 aliphatic heterocycles. The standard InChI is InChI=1S/C63H122O17P2/c1-6-9-12-15-17-19-29-32-37-42-47-61(66)74-53-59(80-63(68)49-44-39-34-30-26-24-22-20-21-23-25-28-31-36-40-45-56(4)5)55-78-82(71,72)76-51-57(64)50-75-81(69,70)77-54-58(52-73-60(65)46-41-35-14-11-8-3)79-62(67)48-43-38-33-27-18-16-13-10-7-2/h56-59,64H,6-55H2,1-5H3,(H,69,70)(H,71,72)/t57-,58+,59+/m0/s1. The molecular weight excluding hydrogens is 1090 g/mol. The van der Waals surface area contributed by atoms with Gasteiger partial charge in [0.25, 0.3) is 0 Å². The van der Waals surface area contributed by atoms with Crippen LogP contribution in [0.2, 0.25) is 0 Å². The smallest absolute Gasteiger partial charge is 0.462 e. The maximum atomic E-state index is 13.0. The molecule has 3 N–H and O–H groups in total. The molecule has 0 bridgehead atoms. The largest absolute Gasteiger partial charge is 0.472 e. The van der Waals surface area contributed by atoms with Crippen molar-refractivity contribution in [2.45, 2.75) is 335 Å². The van der Waals surface area contributed by atoms with Crippen molar-refractivity contribution < 1.29 is 80.2 Å². The lowest BCUT2D eigenvalue weighted by molar-refractivity contribution is -0.161. The zero-order chi connectivity index (χ0) is 60.6. The highest BCUT2D eigenvalue weighted by atomic mass is 31.2. The molecule has 82 heavy (non-hydrogen) atoms. The van der Waals surface area contributed by atoms with Crippen LogP contribution >= 0.6 is 15.6 Å². The van der Waals surface area contributed by atoms with Crippen molar-refractivity contribution in [1.82, 2.24) is 0 Å². The summed E-state index contributed by atoms with van der Waals surface area (Å²) in [6.07, 6.45) is 40.7. The summed E-state index contributed by atoms with van der Waals surface area (Å²) in [5, 5.41) is 10.5. The molecule has 19 heteroatoms. The normalized spacial score (nSPS) is 14.3. The Morgan fingerprint density at radius 1 is 0.329 bits per heavy atom. The zero-order valence-electron chi connectivity index (χ0n) is 52.6. The highest BCUT2D eigenvalue weighted by molar-refractivity contribution is 7.47. The Bertz CT molecular complexity index is 1600. The predicted octanol–water partition coefficient (Wildman–Crippen LogP) is 17.4. The molecule has 0 spiro atoms. The summed E-state index contributed by atoms with van der Waals surface area (Å²) < 4.78 is 67.7. The molecule has 0 aromatic carbocycles. The predicted molar refractivity (Wildman–Crippen MR) is 326 cm³/mol. The summed E-state index contributed by atoms with van der Waals surface area (Å²) in [5.74, 6) is -1.34. The van der Waals surface area contributed by atoms with Gasteiger partial charge in [-0.15, -0.1) is 0 Å². The molecule has 0 saturated heterocycles. The third-order valence-corrected chi connectivity index (χ3v) is 16.4. The minimum absolute atomic E-state index is 0.105. The minimum Gasteiger partial charge on any atom is -0.462 e. The fourth-order valence-corrected chi connectivity index (χ4v) is 11.0. The van der Waals surface area contributed by atoms with Crippen LogP contribution < -0.4 is 0 Å². The summed E-state index contributed by atoms with van der Waals surface area (Å²) in [7, 11) is -9.87. The SMILES string of the molecule is CCCCCCCCCCCCC(=O)OC[C@H](COP(=O)(O)OC[C@@H](O)COP(=O)(O)OC[C@@H](COC(=O)CCCCCCC)OC(=O)CCCCCCCCCCC)OC(=O)CCCCCCCCCCCCCCCCCC(C)C. The van der Waals surface area contributed by atoms with Crippen molar-refractivity contribution >= 4 is 39.5 Å². The van der Waals surface area contributed by atoms with Crippen molar-refractivity contribution in [3.63, 3.8) is 0 Å². The number of hydrogen-bond donors (Lipinski definition) is 3. The lowest BCUT2D eigenvalue weighted by Gasteiger charge is -2.21. The van der Waals surface area contributed by atoms with Crippen LogP contribution in [0.5, 0.6) is 0 Å². The van der Waals surface area contributed by atoms with E-state index >= 15 is 0 Å². The van der Waals surface area contributed by atoms with E-state index in [0.717, 1.165) is 102 Å². The molecular formula is C63H122O17P2. The van der Waals surface area contributed by atoms with Crippen molar-refractivity contribution in [3.8, 4) is 0 Å². The van der Waals surface area contributed by atoms with Gasteiger partial charge >= 0.3 is 39.5 Å². The summed E-state index contributed by atoms with van der Waals surface area (Å²) in [4.78, 5) is 71.8. The van der Waals surface area contributed by atoms with E-state index in [2.05, 4.69) is 34.6 Å². The van der Waals surface area contributed by atoms with Crippen LogP contribution in [0.4, 0.5) is 0 Å². The molecule has 0 radical (unpaired) electrons. The van der Waals surface area contributed by atoms with Gasteiger partial charge in [-0.1, -0.05) is 266 Å². The fourth-order valence-electron chi connectivity index (χ4n) is 9.41. The highest BCUT2D eigenvalue weighted by Crippen LogP contribution is 2.45. The van der Waals surface area contributed by atoms with Crippen molar-refractivity contribution in [1.29, 1.82) is 0 Å². The van der Waals surface area contributed by atoms with Crippen molar-refractivity contribution in [3.05, 3.63) is 0 Å². The third kappa shape index (κ3) is 57.2. The maximum absolute atomic E-state index is 13.0. The third-order valence-electron chi connectivity index (χ3n) is 14.5. The Morgan fingerprint density at radius 2 is 0.561 bits per heavy atom. The Balaban J connectivity index is 5.12. The van der Waals surface area contributed by atoms with Crippen LogP contribution in [0.3, 0.4) is 0 Å². The first-order chi connectivity index (χ1) is 39.5. The maximum Gasteiger partial charge on any atom is 0.472 e. The first-order valence-electron chi connectivity index (χ1n) is 33.1. The Hall–Kier alpha value is -1.94. The molecule has 0 heterocycles. The van der Waals surface area contributed by atoms with Crippen molar-refractivity contribution in [2.75, 3.05) is 39.6 Å². The van der Waals surface area contributed by atoms with Gasteiger partial charge in [-0.2, -0.15) is 0 Å². The average Bonchev–Trinajstić information content (AvgIpc) is 3.44. The topological polar surface area (TPSA) is 237 Å². The molecule has 0 fully saturated rings. The number of hydrogen-bond acceptors (Lipinski definition) is 15. The van der Waals surface area contributed by atoms with Crippen LogP contribution in [0.25, 0.3) is 0 Å². The van der Waals surface area contributed by atoms with E-state index in [1.165, 1.54) is 135 Å². The van der Waals surface area contributed by atoms with Crippen LogP contribution in [0, 0.1) is 5.92 Å². The van der Waals surface area contributed by atoms with E-state index in [1.807, 2.05) is 0 Å². The summed E-state index contributed by atoms with van der Waals surface area (Å²) in [5.41, 5.74) is 0. The second-order valence-corrected chi connectivity index (χ2v) is 26.2. The van der Waals surface area contributed by atoms with Crippen LogP contribution in [-0.4, -0.2) is 96.7 Å². The molecule has 2 unspecified atom stereocenters. The summed E-state index contributed by atoms with van der Waals surface area (Å²) >= 11 is 0. The summed E-state index contributed by atoms with van der Waals surface area (Å²) in [6.45, 7) is 7.10. The first kappa shape index (κ1) is 80.1. The second kappa shape index (κ2) is 56.8. The quantitative estimate of drug-likeness (QED) is 0.0222. The molecule has 17 nitrogen and oxygen atoms in total. The molecule has 0 aromatic heterocycles. The molecule has 486 valence electrons. The van der Waals surface area contributed by atoms with Gasteiger partial charge in [-0.05, 0) is 31.6 Å². The number of carbonyl (C=O) groups excluding carboxylic acids is 4. The van der Waals surface area contributed by atoms with Gasteiger partial charge < -0.3 is 33.8 Å². The number of unbranched alkanes of at least 4 members (excludes halogenated alkanes) is 35. The monoisotopic (exact) mass is 1210 g/mol. The first-order valence-corrected chi connectivity index (χ1v) is 36.1. The Morgan fingerprint density at radius 3 is 0.829 bits per heavy atom. The van der Waals surface area contributed by atoms with E-state index in [-0.39, 0.29) is 25.7 Å². The number of phosphoric ester groups is 2. The van der Waals surface area contributed by atoms with Gasteiger partial charge in [-0.3, -0.25) is 37.3 Å². The van der Waals surface area contributed by atoms with E-state index in [1.54, 1.807) is 0 Å². The van der Waals surface area contributed by atoms with Gasteiger partial charge in [-0.25, -0.2) is 9.13 Å². The Labute approximate surface area is 498 Å². The van der Waals surface area contributed by atoms with Gasteiger partial charge in [0, 0.05) is 25.7 Å². The number of aliphatic hydroxyl groups is 1. The molecule has 5 atom stereocenters. The number of ether oxygens (including phenoxy) is 4. The van der Waals surface area contributed by atoms with Gasteiger partial charge in [0.1, 0.15) is 19.3 Å². The lowest BCUT2D eigenvalue weighted by atomic mass is 10.0. The van der Waals surface area contributed by atoms with Crippen molar-refractivity contribution in [2.24, 2.45) is 5.92 Å². The van der Waals surface area contributed by atoms with Gasteiger partial charge in [0.05, 0.1) is 26.4 Å². The fraction of sp³-hybridized carbons (Fsp3) is 0.937. The number of carbonyl (C=O) groups is 4. The highest BCUT2D eigenvalue weighted by Gasteiger charge is 2.30. The molecule has 0 aliphatic carbocycles. The number of phosphoric acid groups is 2. The number of rotatable bonds is 63. The van der Waals surface area contributed by atoms with E-state index in [4.69, 9.17) is 37.0 Å².